The van der Waals surface area contributed by atoms with Gasteiger partial charge in [-0.1, -0.05) is 0 Å². The van der Waals surface area contributed by atoms with Gasteiger partial charge in [-0.15, -0.1) is 0 Å². The molecular weight excluding hydrogens is 320 g/mol. The Morgan fingerprint density at radius 1 is 1.36 bits per heavy atom. The maximum atomic E-state index is 12.5. The first kappa shape index (κ1) is 16.4. The standard InChI is InChI=1S/C18H24N4O3/c1-14-18(4-6-21(7-5-18)10-15-3-8-24-12-15)25-13-17(23)22(14)16-9-19-20(2)11-16/h3,8-9,11-12,14H,4-7,10,13H2,1-2H3/t14-/m0/s1. The van der Waals surface area contributed by atoms with Crippen molar-refractivity contribution in [2.24, 2.45) is 7.05 Å². The Hall–Kier alpha value is -2.12. The van der Waals surface area contributed by atoms with Crippen LogP contribution in [-0.2, 0) is 23.1 Å². The highest BCUT2D eigenvalue weighted by Crippen LogP contribution is 2.37. The molecule has 2 aromatic heterocycles. The third-order valence-corrected chi connectivity index (χ3v) is 5.56. The minimum atomic E-state index is -0.281. The number of aromatic nitrogens is 2. The second-order valence-electron chi connectivity index (χ2n) is 7.07. The van der Waals surface area contributed by atoms with Crippen LogP contribution in [0.25, 0.3) is 0 Å². The summed E-state index contributed by atoms with van der Waals surface area (Å²) >= 11 is 0. The van der Waals surface area contributed by atoms with Gasteiger partial charge in [0.2, 0.25) is 0 Å². The largest absolute Gasteiger partial charge is 0.472 e. The highest BCUT2D eigenvalue weighted by molar-refractivity contribution is 5.95. The zero-order valence-electron chi connectivity index (χ0n) is 14.7. The number of morpholine rings is 1. The van der Waals surface area contributed by atoms with Crippen LogP contribution in [0.5, 0.6) is 0 Å². The molecule has 2 aliphatic heterocycles. The van der Waals surface area contributed by atoms with Crippen molar-refractivity contribution >= 4 is 11.6 Å². The first-order chi connectivity index (χ1) is 12.1. The van der Waals surface area contributed by atoms with E-state index in [4.69, 9.17) is 9.15 Å². The van der Waals surface area contributed by atoms with Crippen molar-refractivity contribution in [2.75, 3.05) is 24.6 Å². The maximum absolute atomic E-state index is 12.5. The lowest BCUT2D eigenvalue weighted by Crippen LogP contribution is -2.64. The van der Waals surface area contributed by atoms with Crippen molar-refractivity contribution in [1.29, 1.82) is 0 Å². The van der Waals surface area contributed by atoms with Crippen molar-refractivity contribution < 1.29 is 13.9 Å². The van der Waals surface area contributed by atoms with Gasteiger partial charge in [-0.2, -0.15) is 5.10 Å². The van der Waals surface area contributed by atoms with Crippen molar-refractivity contribution in [2.45, 2.75) is 38.0 Å². The van der Waals surface area contributed by atoms with Gasteiger partial charge in [0.25, 0.3) is 5.91 Å². The SMILES string of the molecule is C[C@@H]1N(c2cnn(C)c2)C(=O)COC12CCN(Cc1ccoc1)CC2. The summed E-state index contributed by atoms with van der Waals surface area (Å²) < 4.78 is 13.0. The molecular formula is C18H24N4O3. The van der Waals surface area contributed by atoms with Crippen LogP contribution in [0.2, 0.25) is 0 Å². The van der Waals surface area contributed by atoms with Gasteiger partial charge in [0.1, 0.15) is 6.61 Å². The van der Waals surface area contributed by atoms with Gasteiger partial charge in [-0.05, 0) is 25.8 Å². The number of nitrogens with zero attached hydrogens (tertiary/aromatic N) is 4. The smallest absolute Gasteiger partial charge is 0.253 e. The molecule has 2 aromatic rings. The number of amides is 1. The van der Waals surface area contributed by atoms with Crippen LogP contribution in [0, 0.1) is 0 Å². The van der Waals surface area contributed by atoms with E-state index in [0.717, 1.165) is 38.2 Å². The molecule has 2 fully saturated rings. The van der Waals surface area contributed by atoms with Crippen LogP contribution in [-0.4, -0.2) is 51.9 Å². The van der Waals surface area contributed by atoms with E-state index in [1.807, 2.05) is 24.2 Å². The molecule has 1 spiro atoms. The normalized spacial score (nSPS) is 24.2. The van der Waals surface area contributed by atoms with Crippen LogP contribution in [0.4, 0.5) is 5.69 Å². The minimum absolute atomic E-state index is 0.00553. The van der Waals surface area contributed by atoms with E-state index < -0.39 is 0 Å². The Morgan fingerprint density at radius 2 is 2.16 bits per heavy atom. The zero-order chi connectivity index (χ0) is 17.4. The molecule has 134 valence electrons. The number of furan rings is 1. The molecule has 1 amide bonds. The van der Waals surface area contributed by atoms with Crippen molar-refractivity contribution in [3.05, 3.63) is 36.5 Å². The summed E-state index contributed by atoms with van der Waals surface area (Å²) in [5, 5.41) is 4.21. The first-order valence-electron chi connectivity index (χ1n) is 8.75. The highest BCUT2D eigenvalue weighted by Gasteiger charge is 2.48. The zero-order valence-corrected chi connectivity index (χ0v) is 14.7. The minimum Gasteiger partial charge on any atom is -0.472 e. The topological polar surface area (TPSA) is 63.7 Å². The molecule has 7 heteroatoms. The second kappa shape index (κ2) is 6.31. The fourth-order valence-corrected chi connectivity index (χ4v) is 4.04. The van der Waals surface area contributed by atoms with Gasteiger partial charge < -0.3 is 14.1 Å². The molecule has 0 aliphatic carbocycles. The number of piperidine rings is 1. The van der Waals surface area contributed by atoms with Gasteiger partial charge >= 0.3 is 0 Å². The maximum Gasteiger partial charge on any atom is 0.253 e. The Balaban J connectivity index is 1.47. The summed E-state index contributed by atoms with van der Waals surface area (Å²) in [6.45, 7) is 5.03. The third-order valence-electron chi connectivity index (χ3n) is 5.56. The number of carbonyl (C=O) groups excluding carboxylic acids is 1. The van der Waals surface area contributed by atoms with E-state index in [9.17, 15) is 4.79 Å². The third kappa shape index (κ3) is 2.98. The van der Waals surface area contributed by atoms with Gasteiger partial charge in [0, 0.05) is 38.4 Å². The van der Waals surface area contributed by atoms with Crippen molar-refractivity contribution in [1.82, 2.24) is 14.7 Å². The lowest BCUT2D eigenvalue weighted by atomic mass is 9.82. The molecule has 4 heterocycles. The van der Waals surface area contributed by atoms with E-state index >= 15 is 0 Å². The Labute approximate surface area is 147 Å². The lowest BCUT2D eigenvalue weighted by molar-refractivity contribution is -0.152. The predicted molar refractivity (Wildman–Crippen MR) is 92.1 cm³/mol. The number of carbonyl (C=O) groups is 1. The summed E-state index contributed by atoms with van der Waals surface area (Å²) in [7, 11) is 1.86. The molecule has 4 rings (SSSR count). The van der Waals surface area contributed by atoms with E-state index in [1.165, 1.54) is 5.56 Å². The van der Waals surface area contributed by atoms with E-state index in [0.29, 0.717) is 0 Å². The van der Waals surface area contributed by atoms with E-state index in [-0.39, 0.29) is 24.2 Å². The summed E-state index contributed by atoms with van der Waals surface area (Å²) in [5.41, 5.74) is 1.76. The lowest BCUT2D eigenvalue weighted by Gasteiger charge is -2.51. The Morgan fingerprint density at radius 3 is 2.80 bits per heavy atom. The quantitative estimate of drug-likeness (QED) is 0.850. The molecule has 1 atom stereocenters. The molecule has 2 aliphatic rings. The number of aryl methyl sites for hydroxylation is 1. The summed E-state index contributed by atoms with van der Waals surface area (Å²) in [6.07, 6.45) is 8.98. The fraction of sp³-hybridized carbons (Fsp3) is 0.556. The van der Waals surface area contributed by atoms with Gasteiger partial charge in [0.05, 0.1) is 36.1 Å². The summed E-state index contributed by atoms with van der Waals surface area (Å²) in [6, 6.07) is 2.00. The van der Waals surface area contributed by atoms with E-state index in [2.05, 4.69) is 16.9 Å². The van der Waals surface area contributed by atoms with Crippen LogP contribution in [0.3, 0.4) is 0 Å². The van der Waals surface area contributed by atoms with Crippen molar-refractivity contribution in [3.63, 3.8) is 0 Å². The Bertz CT molecular complexity index is 731. The highest BCUT2D eigenvalue weighted by atomic mass is 16.5. The van der Waals surface area contributed by atoms with Crippen LogP contribution < -0.4 is 4.90 Å². The van der Waals surface area contributed by atoms with Crippen molar-refractivity contribution in [3.8, 4) is 0 Å². The number of hydrogen-bond acceptors (Lipinski definition) is 5. The molecule has 0 saturated carbocycles. The molecule has 0 radical (unpaired) electrons. The molecule has 25 heavy (non-hydrogen) atoms. The molecule has 0 bridgehead atoms. The molecule has 2 saturated heterocycles. The first-order valence-corrected chi connectivity index (χ1v) is 8.75. The number of hydrogen-bond donors (Lipinski definition) is 0. The number of likely N-dealkylation sites (tertiary alicyclic amines) is 1. The van der Waals surface area contributed by atoms with Crippen LogP contribution in [0.1, 0.15) is 25.3 Å². The summed E-state index contributed by atoms with van der Waals surface area (Å²) in [4.78, 5) is 16.7. The van der Waals surface area contributed by atoms with Crippen LogP contribution in [0.15, 0.2) is 35.4 Å². The molecule has 0 unspecified atom stereocenters. The molecule has 0 N–H and O–H groups in total. The van der Waals surface area contributed by atoms with E-state index in [1.54, 1.807) is 23.4 Å². The van der Waals surface area contributed by atoms with Crippen LogP contribution >= 0.6 is 0 Å². The number of anilines is 1. The number of ether oxygens (including phenoxy) is 1. The average molecular weight is 344 g/mol. The second-order valence-corrected chi connectivity index (χ2v) is 7.07. The van der Waals surface area contributed by atoms with Gasteiger partial charge in [-0.3, -0.25) is 14.4 Å². The van der Waals surface area contributed by atoms with Gasteiger partial charge in [0.15, 0.2) is 0 Å². The molecule has 0 aromatic carbocycles. The number of rotatable bonds is 3. The molecule has 7 nitrogen and oxygen atoms in total. The monoisotopic (exact) mass is 344 g/mol. The predicted octanol–water partition coefficient (Wildman–Crippen LogP) is 1.80. The fourth-order valence-electron chi connectivity index (χ4n) is 4.04. The Kier molecular flexibility index (Phi) is 4.13. The average Bonchev–Trinajstić information content (AvgIpc) is 3.26. The van der Waals surface area contributed by atoms with Gasteiger partial charge in [-0.25, -0.2) is 0 Å². The summed E-state index contributed by atoms with van der Waals surface area (Å²) in [5.74, 6) is 0.00644.